The van der Waals surface area contributed by atoms with E-state index in [0.717, 1.165) is 16.8 Å². The van der Waals surface area contributed by atoms with Crippen molar-refractivity contribution in [3.05, 3.63) is 30.1 Å². The van der Waals surface area contributed by atoms with Gasteiger partial charge in [-0.15, -0.1) is 0 Å². The van der Waals surface area contributed by atoms with Crippen LogP contribution in [0.2, 0.25) is 0 Å². The van der Waals surface area contributed by atoms with Crippen LogP contribution in [0.3, 0.4) is 0 Å². The Balaban J connectivity index is 1.85. The highest BCUT2D eigenvalue weighted by Crippen LogP contribution is 2.32. The second-order valence-corrected chi connectivity index (χ2v) is 8.30. The number of fused-ring (bicyclic) bond motifs is 1. The van der Waals surface area contributed by atoms with Crippen molar-refractivity contribution < 1.29 is 5.11 Å². The van der Waals surface area contributed by atoms with Crippen molar-refractivity contribution in [2.45, 2.75) is 37.2 Å². The van der Waals surface area contributed by atoms with E-state index in [1.807, 2.05) is 18.2 Å². The van der Waals surface area contributed by atoms with E-state index >= 15 is 0 Å². The zero-order valence-electron chi connectivity index (χ0n) is 14.7. The Morgan fingerprint density at radius 1 is 1.27 bits per heavy atom. The Kier molecular flexibility index (Phi) is 6.23. The molecule has 0 saturated heterocycles. The molecule has 3 heterocycles. The highest BCUT2D eigenvalue weighted by atomic mass is 32.2. The third-order valence-electron chi connectivity index (χ3n) is 3.64. The third kappa shape index (κ3) is 4.80. The lowest BCUT2D eigenvalue weighted by Gasteiger charge is -2.19. The number of thioether (sulfide) groups is 1. The number of nitrogens with two attached hydrogens (primary N) is 1. The molecule has 0 aromatic carbocycles. The summed E-state index contributed by atoms with van der Waals surface area (Å²) >= 11 is 2.85. The minimum atomic E-state index is -0.0786. The maximum atomic E-state index is 9.68. The van der Waals surface area contributed by atoms with Gasteiger partial charge in [-0.05, 0) is 24.5 Å². The van der Waals surface area contributed by atoms with E-state index in [1.165, 1.54) is 23.1 Å². The van der Waals surface area contributed by atoms with E-state index in [4.69, 9.17) is 5.73 Å². The Bertz CT molecular complexity index is 855. The summed E-state index contributed by atoms with van der Waals surface area (Å²) in [5, 5.41) is 14.1. The van der Waals surface area contributed by atoms with Crippen molar-refractivity contribution in [1.29, 1.82) is 0 Å². The smallest absolute Gasteiger partial charge is 0.192 e. The molecule has 0 aliphatic carbocycles. The minimum absolute atomic E-state index is 0.0361. The summed E-state index contributed by atoms with van der Waals surface area (Å²) in [5.74, 6) is 1.80. The summed E-state index contributed by atoms with van der Waals surface area (Å²) in [6.07, 6.45) is 2.61. The number of hydrogen-bond donors (Lipinski definition) is 3. The van der Waals surface area contributed by atoms with Crippen LogP contribution in [-0.2, 0) is 5.75 Å². The van der Waals surface area contributed by atoms with E-state index in [1.54, 1.807) is 6.20 Å². The summed E-state index contributed by atoms with van der Waals surface area (Å²) in [7, 11) is 0. The molecule has 3 aromatic heterocycles. The number of rotatable bonds is 8. The highest BCUT2D eigenvalue weighted by Gasteiger charge is 2.17. The van der Waals surface area contributed by atoms with Gasteiger partial charge >= 0.3 is 0 Å². The first-order chi connectivity index (χ1) is 12.5. The normalized spacial score (nSPS) is 12.6. The fourth-order valence-corrected chi connectivity index (χ4v) is 4.03. The molecule has 26 heavy (non-hydrogen) atoms. The molecule has 9 heteroatoms. The van der Waals surface area contributed by atoms with E-state index in [-0.39, 0.29) is 12.6 Å². The molecular formula is C17H22N6OS2. The molecule has 0 amide bonds. The maximum absolute atomic E-state index is 9.68. The lowest BCUT2D eigenvalue weighted by atomic mass is 10.0. The molecular weight excluding hydrogens is 368 g/mol. The summed E-state index contributed by atoms with van der Waals surface area (Å²) in [6, 6.07) is 5.74. The van der Waals surface area contributed by atoms with Gasteiger partial charge in [0.2, 0.25) is 0 Å². The minimum Gasteiger partial charge on any atom is -0.394 e. The first kappa shape index (κ1) is 18.8. The largest absolute Gasteiger partial charge is 0.394 e. The molecule has 0 aliphatic rings. The number of aromatic nitrogens is 4. The Morgan fingerprint density at radius 2 is 2.12 bits per heavy atom. The summed E-state index contributed by atoms with van der Waals surface area (Å²) < 4.78 is 0.812. The first-order valence-corrected chi connectivity index (χ1v) is 10.2. The third-order valence-corrected chi connectivity index (χ3v) is 5.40. The number of hydrogen-bond acceptors (Lipinski definition) is 9. The van der Waals surface area contributed by atoms with Crippen LogP contribution in [0.1, 0.15) is 26.0 Å². The Hall–Kier alpha value is -1.97. The van der Waals surface area contributed by atoms with Gasteiger partial charge in [-0.2, -0.15) is 0 Å². The van der Waals surface area contributed by atoms with Crippen LogP contribution in [0.4, 0.5) is 10.9 Å². The Morgan fingerprint density at radius 3 is 2.81 bits per heavy atom. The zero-order valence-corrected chi connectivity index (χ0v) is 16.3. The molecule has 7 nitrogen and oxygen atoms in total. The predicted molar refractivity (Wildman–Crippen MR) is 107 cm³/mol. The molecule has 138 valence electrons. The fourth-order valence-electron chi connectivity index (χ4n) is 2.55. The molecule has 3 rings (SSSR count). The van der Waals surface area contributed by atoms with Gasteiger partial charge < -0.3 is 16.2 Å². The second-order valence-electron chi connectivity index (χ2n) is 6.32. The molecule has 0 saturated carbocycles. The van der Waals surface area contributed by atoms with Crippen molar-refractivity contribution in [3.63, 3.8) is 0 Å². The van der Waals surface area contributed by atoms with Crippen LogP contribution in [0, 0.1) is 5.92 Å². The predicted octanol–water partition coefficient (Wildman–Crippen LogP) is 3.17. The molecule has 0 bridgehead atoms. The van der Waals surface area contributed by atoms with Crippen molar-refractivity contribution in [3.8, 4) is 0 Å². The monoisotopic (exact) mass is 390 g/mol. The standard InChI is InChI=1S/C17H22N6OS2/c1-10(2)7-12(8-24)20-14-13-15(21-16(18)26-13)23-17(22-14)25-9-11-5-3-4-6-19-11/h3-6,10,12,24H,7-9H2,1-2H3,(H3,18,20,21,22,23)/t12-/m1/s1. The van der Waals surface area contributed by atoms with Gasteiger partial charge in [0.15, 0.2) is 21.8 Å². The number of anilines is 2. The molecule has 3 aromatic rings. The number of aliphatic hydroxyl groups is 1. The number of nitrogen functional groups attached to an aromatic ring is 1. The highest BCUT2D eigenvalue weighted by molar-refractivity contribution is 7.98. The van der Waals surface area contributed by atoms with Gasteiger partial charge in [-0.3, -0.25) is 4.98 Å². The number of pyridine rings is 1. The maximum Gasteiger partial charge on any atom is 0.192 e. The molecule has 1 atom stereocenters. The van der Waals surface area contributed by atoms with Gasteiger partial charge in [0.25, 0.3) is 0 Å². The number of nitrogens with zero attached hydrogens (tertiary/aromatic N) is 4. The van der Waals surface area contributed by atoms with E-state index in [9.17, 15) is 5.11 Å². The van der Waals surface area contributed by atoms with E-state index in [2.05, 4.69) is 39.1 Å². The van der Waals surface area contributed by atoms with Crippen molar-refractivity contribution in [2.75, 3.05) is 17.7 Å². The topological polar surface area (TPSA) is 110 Å². The Labute approximate surface area is 160 Å². The van der Waals surface area contributed by atoms with Gasteiger partial charge in [0.05, 0.1) is 18.3 Å². The summed E-state index contributed by atoms with van der Waals surface area (Å²) in [5.41, 5.74) is 7.40. The average molecular weight is 391 g/mol. The molecule has 0 fully saturated rings. The fraction of sp³-hybridized carbons (Fsp3) is 0.412. The van der Waals surface area contributed by atoms with Crippen LogP contribution >= 0.6 is 23.1 Å². The van der Waals surface area contributed by atoms with Crippen molar-refractivity contribution >= 4 is 44.4 Å². The number of nitrogens with one attached hydrogen (secondary N) is 1. The quantitative estimate of drug-likeness (QED) is 0.397. The summed E-state index contributed by atoms with van der Waals surface area (Å²) in [4.78, 5) is 17.8. The summed E-state index contributed by atoms with van der Waals surface area (Å²) in [6.45, 7) is 4.28. The number of thiazole rings is 1. The van der Waals surface area contributed by atoms with Gasteiger partial charge in [-0.25, -0.2) is 15.0 Å². The lowest BCUT2D eigenvalue weighted by molar-refractivity contribution is 0.259. The SMILES string of the molecule is CC(C)C[C@H](CO)Nc1nc(SCc2ccccn2)nc2nc(N)sc12. The van der Waals surface area contributed by atoms with Crippen LogP contribution in [0.5, 0.6) is 0 Å². The van der Waals surface area contributed by atoms with E-state index in [0.29, 0.717) is 33.4 Å². The van der Waals surface area contributed by atoms with Gasteiger partial charge in [0, 0.05) is 11.9 Å². The van der Waals surface area contributed by atoms with Crippen LogP contribution in [0.25, 0.3) is 10.3 Å². The number of aliphatic hydroxyl groups excluding tert-OH is 1. The molecule has 0 radical (unpaired) electrons. The molecule has 4 N–H and O–H groups in total. The molecule has 0 unspecified atom stereocenters. The first-order valence-electron chi connectivity index (χ1n) is 8.39. The second kappa shape index (κ2) is 8.61. The van der Waals surface area contributed by atoms with Gasteiger partial charge in [0.1, 0.15) is 4.70 Å². The zero-order chi connectivity index (χ0) is 18.5. The van der Waals surface area contributed by atoms with Gasteiger partial charge in [-0.1, -0.05) is 43.0 Å². The van der Waals surface area contributed by atoms with Crippen molar-refractivity contribution in [2.24, 2.45) is 5.92 Å². The van der Waals surface area contributed by atoms with E-state index < -0.39 is 0 Å². The average Bonchev–Trinajstić information content (AvgIpc) is 3.00. The van der Waals surface area contributed by atoms with Crippen LogP contribution < -0.4 is 11.1 Å². The molecule has 0 spiro atoms. The van der Waals surface area contributed by atoms with Crippen molar-refractivity contribution in [1.82, 2.24) is 19.9 Å². The lowest BCUT2D eigenvalue weighted by Crippen LogP contribution is -2.26. The van der Waals surface area contributed by atoms with Crippen LogP contribution in [0.15, 0.2) is 29.6 Å². The van der Waals surface area contributed by atoms with Crippen LogP contribution in [-0.4, -0.2) is 37.7 Å². The molecule has 0 aliphatic heterocycles.